The molecule has 0 aromatic rings. The van der Waals surface area contributed by atoms with Gasteiger partial charge in [0.15, 0.2) is 0 Å². The summed E-state index contributed by atoms with van der Waals surface area (Å²) in [4.78, 5) is 20.6. The molecule has 2 N–H and O–H groups in total. The Kier molecular flexibility index (Phi) is 3.06. The van der Waals surface area contributed by atoms with Crippen molar-refractivity contribution in [3.8, 4) is 0 Å². The maximum atomic E-state index is 10.6. The second kappa shape index (κ2) is 3.34. The van der Waals surface area contributed by atoms with E-state index in [2.05, 4.69) is 0 Å². The van der Waals surface area contributed by atoms with Crippen molar-refractivity contribution in [3.63, 3.8) is 0 Å². The fourth-order valence-electron chi connectivity index (χ4n) is 0.543. The second-order valence-electron chi connectivity index (χ2n) is 2.95. The first-order chi connectivity index (χ1) is 4.50. The quantitative estimate of drug-likeness (QED) is 0.582. The smallest absolute Gasteiger partial charge is 0.223 e. The van der Waals surface area contributed by atoms with Crippen LogP contribution in [0.1, 0.15) is 26.7 Å². The second-order valence-corrected chi connectivity index (χ2v) is 2.95. The van der Waals surface area contributed by atoms with Gasteiger partial charge in [-0.25, -0.2) is 0 Å². The van der Waals surface area contributed by atoms with Gasteiger partial charge in [0, 0.05) is 11.8 Å². The highest BCUT2D eigenvalue weighted by molar-refractivity contribution is 5.80. The molecule has 0 unspecified atom stereocenters. The Labute approximate surface area is 60.6 Å². The average molecular weight is 143 g/mol. The minimum atomic E-state index is -0.541. The molecule has 0 aliphatic carbocycles. The zero-order chi connectivity index (χ0) is 8.20. The van der Waals surface area contributed by atoms with E-state index in [1.165, 1.54) is 0 Å². The minimum Gasteiger partial charge on any atom is -0.369 e. The predicted molar refractivity (Wildman–Crippen MR) is 38.3 cm³/mol. The Hall–Kier alpha value is -0.860. The molecular weight excluding hydrogens is 130 g/mol. The molecular formula is C7H13NO2. The predicted octanol–water partition coefficient (Wildman–Crippen LogP) is 0.477. The first-order valence-corrected chi connectivity index (χ1v) is 3.24. The molecule has 0 bridgehead atoms. The van der Waals surface area contributed by atoms with Gasteiger partial charge in [0.1, 0.15) is 6.29 Å². The summed E-state index contributed by atoms with van der Waals surface area (Å²) in [7, 11) is 0. The fraction of sp³-hybridized carbons (Fsp3) is 0.714. The molecule has 0 spiro atoms. The van der Waals surface area contributed by atoms with E-state index < -0.39 is 5.41 Å². The summed E-state index contributed by atoms with van der Waals surface area (Å²) in [5.41, 5.74) is 4.52. The lowest BCUT2D eigenvalue weighted by Gasteiger charge is -2.17. The fourth-order valence-corrected chi connectivity index (χ4v) is 0.543. The van der Waals surface area contributed by atoms with Crippen molar-refractivity contribution in [2.75, 3.05) is 0 Å². The highest BCUT2D eigenvalue weighted by atomic mass is 16.1. The maximum absolute atomic E-state index is 10.6. The molecule has 0 aliphatic heterocycles. The molecule has 10 heavy (non-hydrogen) atoms. The third-order valence-corrected chi connectivity index (χ3v) is 1.55. The van der Waals surface area contributed by atoms with Gasteiger partial charge in [0.05, 0.1) is 0 Å². The van der Waals surface area contributed by atoms with Gasteiger partial charge in [0.2, 0.25) is 5.91 Å². The number of carbonyl (C=O) groups is 2. The number of carbonyl (C=O) groups excluding carboxylic acids is 2. The highest BCUT2D eigenvalue weighted by Crippen LogP contribution is 2.20. The van der Waals surface area contributed by atoms with Gasteiger partial charge in [-0.3, -0.25) is 4.79 Å². The van der Waals surface area contributed by atoms with E-state index in [0.717, 1.165) is 6.29 Å². The van der Waals surface area contributed by atoms with Gasteiger partial charge >= 0.3 is 0 Å². The molecule has 0 rings (SSSR count). The minimum absolute atomic E-state index is 0.352. The van der Waals surface area contributed by atoms with Gasteiger partial charge in [-0.05, 0) is 6.42 Å². The molecule has 0 aromatic carbocycles. The Morgan fingerprint density at radius 3 is 2.40 bits per heavy atom. The number of rotatable bonds is 4. The number of primary amides is 1. The van der Waals surface area contributed by atoms with E-state index in [9.17, 15) is 9.59 Å². The van der Waals surface area contributed by atoms with Crippen molar-refractivity contribution in [1.29, 1.82) is 0 Å². The molecule has 58 valence electrons. The van der Waals surface area contributed by atoms with E-state index in [-0.39, 0.29) is 5.91 Å². The Balaban J connectivity index is 3.86. The van der Waals surface area contributed by atoms with Crippen LogP contribution in [0.5, 0.6) is 0 Å². The molecule has 1 amide bonds. The van der Waals surface area contributed by atoms with Crippen LogP contribution in [-0.4, -0.2) is 12.2 Å². The monoisotopic (exact) mass is 143 g/mol. The number of aldehydes is 1. The molecule has 0 atom stereocenters. The van der Waals surface area contributed by atoms with Gasteiger partial charge in [-0.15, -0.1) is 0 Å². The van der Waals surface area contributed by atoms with Crippen molar-refractivity contribution < 1.29 is 9.59 Å². The molecule has 3 nitrogen and oxygen atoms in total. The average Bonchev–Trinajstić information content (AvgIpc) is 1.84. The molecule has 0 saturated carbocycles. The summed E-state index contributed by atoms with van der Waals surface area (Å²) < 4.78 is 0. The lowest BCUT2D eigenvalue weighted by molar-refractivity contribution is -0.126. The zero-order valence-electron chi connectivity index (χ0n) is 6.39. The summed E-state index contributed by atoms with van der Waals surface area (Å²) in [5, 5.41) is 0. The number of amides is 1. The van der Waals surface area contributed by atoms with Gasteiger partial charge in [-0.1, -0.05) is 13.8 Å². The number of hydrogen-bond donors (Lipinski definition) is 1. The van der Waals surface area contributed by atoms with Crippen LogP contribution in [-0.2, 0) is 9.59 Å². The summed E-state index contributed by atoms with van der Waals surface area (Å²) in [5.74, 6) is -0.352. The largest absolute Gasteiger partial charge is 0.369 e. The highest BCUT2D eigenvalue weighted by Gasteiger charge is 2.23. The Morgan fingerprint density at radius 2 is 2.10 bits per heavy atom. The summed E-state index contributed by atoms with van der Waals surface area (Å²) >= 11 is 0. The molecule has 0 fully saturated rings. The lowest BCUT2D eigenvalue weighted by Crippen LogP contribution is -2.31. The third kappa shape index (κ3) is 2.62. The number of hydrogen-bond acceptors (Lipinski definition) is 2. The van der Waals surface area contributed by atoms with Crippen LogP contribution in [0.15, 0.2) is 0 Å². The third-order valence-electron chi connectivity index (χ3n) is 1.55. The normalized spacial score (nSPS) is 11.0. The van der Waals surface area contributed by atoms with Crippen LogP contribution < -0.4 is 5.73 Å². The summed E-state index contributed by atoms with van der Waals surface area (Å²) in [6.45, 7) is 3.47. The van der Waals surface area contributed by atoms with Crippen LogP contribution >= 0.6 is 0 Å². The maximum Gasteiger partial charge on any atom is 0.223 e. The van der Waals surface area contributed by atoms with Crippen molar-refractivity contribution in [3.05, 3.63) is 0 Å². The molecule has 0 heterocycles. The Bertz CT molecular complexity index is 141. The standard InChI is InChI=1S/C7H13NO2/c1-7(2,6(8)10)4-3-5-9/h5H,3-4H2,1-2H3,(H2,8,10). The molecule has 0 saturated heterocycles. The van der Waals surface area contributed by atoms with Crippen LogP contribution in [0.2, 0.25) is 0 Å². The van der Waals surface area contributed by atoms with Crippen molar-refractivity contribution in [2.24, 2.45) is 11.1 Å². The number of nitrogens with two attached hydrogens (primary N) is 1. The van der Waals surface area contributed by atoms with Crippen molar-refractivity contribution in [2.45, 2.75) is 26.7 Å². The van der Waals surface area contributed by atoms with Crippen LogP contribution in [0.25, 0.3) is 0 Å². The molecule has 0 aromatic heterocycles. The van der Waals surface area contributed by atoms with Gasteiger partial charge in [-0.2, -0.15) is 0 Å². The van der Waals surface area contributed by atoms with Crippen LogP contribution in [0.3, 0.4) is 0 Å². The first-order valence-electron chi connectivity index (χ1n) is 3.24. The van der Waals surface area contributed by atoms with Gasteiger partial charge in [0.25, 0.3) is 0 Å². The topological polar surface area (TPSA) is 60.2 Å². The van der Waals surface area contributed by atoms with E-state index in [1.807, 2.05) is 0 Å². The van der Waals surface area contributed by atoms with E-state index in [1.54, 1.807) is 13.8 Å². The molecule has 3 heteroatoms. The molecule has 0 aliphatic rings. The van der Waals surface area contributed by atoms with E-state index in [4.69, 9.17) is 5.73 Å². The van der Waals surface area contributed by atoms with Crippen molar-refractivity contribution >= 4 is 12.2 Å². The zero-order valence-corrected chi connectivity index (χ0v) is 6.39. The summed E-state index contributed by atoms with van der Waals surface area (Å²) in [6, 6.07) is 0. The van der Waals surface area contributed by atoms with E-state index >= 15 is 0 Å². The Morgan fingerprint density at radius 1 is 1.60 bits per heavy atom. The first kappa shape index (κ1) is 9.14. The van der Waals surface area contributed by atoms with Gasteiger partial charge < -0.3 is 10.5 Å². The van der Waals surface area contributed by atoms with Crippen LogP contribution in [0.4, 0.5) is 0 Å². The van der Waals surface area contributed by atoms with Crippen LogP contribution in [0, 0.1) is 5.41 Å². The van der Waals surface area contributed by atoms with Crippen molar-refractivity contribution in [1.82, 2.24) is 0 Å². The molecule has 0 radical (unpaired) electrons. The SMILES string of the molecule is CC(C)(CCC=O)C(N)=O. The lowest BCUT2D eigenvalue weighted by atomic mass is 9.87. The summed E-state index contributed by atoms with van der Waals surface area (Å²) in [6.07, 6.45) is 1.73. The van der Waals surface area contributed by atoms with E-state index in [0.29, 0.717) is 12.8 Å².